The average Bonchev–Trinajstić information content (AvgIpc) is 2.75. The van der Waals surface area contributed by atoms with Gasteiger partial charge in [0.15, 0.2) is 0 Å². The van der Waals surface area contributed by atoms with Crippen molar-refractivity contribution in [3.05, 3.63) is 99.9 Å². The number of pyridine rings is 1. The molecule has 2 N–H and O–H groups in total. The van der Waals surface area contributed by atoms with Gasteiger partial charge in [0.25, 0.3) is 5.56 Å². The van der Waals surface area contributed by atoms with Crippen molar-refractivity contribution in [1.82, 2.24) is 9.38 Å². The first kappa shape index (κ1) is 21.0. The fourth-order valence-corrected chi connectivity index (χ4v) is 3.16. The molecule has 0 atom stereocenters. The number of amides is 2. The normalized spacial score (nSPS) is 10.7. The quantitative estimate of drug-likeness (QED) is 0.480. The molecule has 2 aromatic heterocycles. The third kappa shape index (κ3) is 4.75. The highest BCUT2D eigenvalue weighted by atomic mass is 19.1. The standard InChI is InChI=1S/C24H21FN4O3/c1-15-9-10-29-22(11-15)26-18(13-23(29)30)14-32-21-12-17(8-7-16(21)2)27-24(31)28-20-6-4-3-5-19(20)25/h3-13H,14H2,1-2H3,(H2,27,28,31). The number of carbonyl (C=O) groups is 1. The largest absolute Gasteiger partial charge is 0.487 e. The van der Waals surface area contributed by atoms with E-state index in [1.807, 2.05) is 26.0 Å². The molecule has 7 nitrogen and oxygen atoms in total. The fraction of sp³-hybridized carbons (Fsp3) is 0.125. The Morgan fingerprint density at radius 1 is 1.06 bits per heavy atom. The van der Waals surface area contributed by atoms with Gasteiger partial charge in [0, 0.05) is 24.0 Å². The van der Waals surface area contributed by atoms with Gasteiger partial charge in [-0.05, 0) is 55.3 Å². The number of hydrogen-bond donors (Lipinski definition) is 2. The van der Waals surface area contributed by atoms with Crippen molar-refractivity contribution in [1.29, 1.82) is 0 Å². The summed E-state index contributed by atoms with van der Waals surface area (Å²) in [6.45, 7) is 3.88. The molecule has 8 heteroatoms. The Labute approximate surface area is 183 Å². The predicted octanol–water partition coefficient (Wildman–Crippen LogP) is 4.67. The Hall–Kier alpha value is -4.20. The highest BCUT2D eigenvalue weighted by Crippen LogP contribution is 2.24. The monoisotopic (exact) mass is 432 g/mol. The van der Waals surface area contributed by atoms with Gasteiger partial charge in [-0.1, -0.05) is 18.2 Å². The molecule has 0 bridgehead atoms. The Bertz CT molecular complexity index is 1370. The highest BCUT2D eigenvalue weighted by molar-refractivity contribution is 5.99. The van der Waals surface area contributed by atoms with Gasteiger partial charge in [0.1, 0.15) is 23.8 Å². The van der Waals surface area contributed by atoms with Gasteiger partial charge in [0.05, 0.1) is 11.4 Å². The van der Waals surface area contributed by atoms with Crippen molar-refractivity contribution in [2.45, 2.75) is 20.5 Å². The SMILES string of the molecule is Cc1ccn2c(=O)cc(COc3cc(NC(=O)Nc4ccccc4F)ccc3C)nc2c1. The molecular formula is C24H21FN4O3. The number of aromatic nitrogens is 2. The lowest BCUT2D eigenvalue weighted by Gasteiger charge is -2.13. The number of aryl methyl sites for hydroxylation is 2. The minimum Gasteiger partial charge on any atom is -0.487 e. The van der Waals surface area contributed by atoms with Gasteiger partial charge in [-0.2, -0.15) is 0 Å². The van der Waals surface area contributed by atoms with Crippen LogP contribution in [0.4, 0.5) is 20.6 Å². The first-order valence-electron chi connectivity index (χ1n) is 9.94. The summed E-state index contributed by atoms with van der Waals surface area (Å²) in [7, 11) is 0. The number of rotatable bonds is 5. The van der Waals surface area contributed by atoms with Crippen LogP contribution in [0, 0.1) is 19.7 Å². The molecule has 0 aliphatic rings. The molecule has 162 valence electrons. The van der Waals surface area contributed by atoms with Crippen LogP contribution in [0.2, 0.25) is 0 Å². The Kier molecular flexibility index (Phi) is 5.85. The van der Waals surface area contributed by atoms with Crippen molar-refractivity contribution in [2.75, 3.05) is 10.6 Å². The zero-order valence-corrected chi connectivity index (χ0v) is 17.6. The second kappa shape index (κ2) is 8.89. The van der Waals surface area contributed by atoms with Crippen LogP contribution in [0.1, 0.15) is 16.8 Å². The molecule has 0 saturated heterocycles. The maximum Gasteiger partial charge on any atom is 0.323 e. The summed E-state index contributed by atoms with van der Waals surface area (Å²) < 4.78 is 21.1. The molecule has 0 unspecified atom stereocenters. The van der Waals surface area contributed by atoms with E-state index in [-0.39, 0.29) is 17.9 Å². The molecule has 2 aromatic carbocycles. The lowest BCUT2D eigenvalue weighted by atomic mass is 10.2. The number of nitrogens with one attached hydrogen (secondary N) is 2. The van der Waals surface area contributed by atoms with Crippen molar-refractivity contribution in [3.8, 4) is 5.75 Å². The maximum atomic E-state index is 13.7. The predicted molar refractivity (Wildman–Crippen MR) is 121 cm³/mol. The molecule has 4 rings (SSSR count). The smallest absolute Gasteiger partial charge is 0.323 e. The number of carbonyl (C=O) groups excluding carboxylic acids is 1. The molecule has 0 spiro atoms. The van der Waals surface area contributed by atoms with Crippen LogP contribution in [0.15, 0.2) is 71.7 Å². The van der Waals surface area contributed by atoms with E-state index in [0.717, 1.165) is 11.1 Å². The second-order valence-electron chi connectivity index (χ2n) is 7.35. The molecule has 2 heterocycles. The van der Waals surface area contributed by atoms with E-state index in [1.165, 1.54) is 22.6 Å². The third-order valence-corrected chi connectivity index (χ3v) is 4.82. The van der Waals surface area contributed by atoms with E-state index in [1.54, 1.807) is 36.5 Å². The fourth-order valence-electron chi connectivity index (χ4n) is 3.16. The molecule has 0 saturated carbocycles. The number of urea groups is 1. The number of nitrogens with zero attached hydrogens (tertiary/aromatic N) is 2. The van der Waals surface area contributed by atoms with Gasteiger partial charge >= 0.3 is 6.03 Å². The van der Waals surface area contributed by atoms with Crippen LogP contribution >= 0.6 is 0 Å². The van der Waals surface area contributed by atoms with Crippen molar-refractivity contribution < 1.29 is 13.9 Å². The summed E-state index contributed by atoms with van der Waals surface area (Å²) in [5, 5.41) is 5.12. The Morgan fingerprint density at radius 2 is 1.88 bits per heavy atom. The lowest BCUT2D eigenvalue weighted by Crippen LogP contribution is -2.20. The first-order valence-corrected chi connectivity index (χ1v) is 9.94. The third-order valence-electron chi connectivity index (χ3n) is 4.82. The summed E-state index contributed by atoms with van der Waals surface area (Å²) in [5.74, 6) is 0.00416. The van der Waals surface area contributed by atoms with Gasteiger partial charge in [0.2, 0.25) is 0 Å². The number of para-hydroxylation sites is 1. The minimum atomic E-state index is -0.579. The van der Waals surface area contributed by atoms with Crippen LogP contribution in [-0.2, 0) is 6.61 Å². The Balaban J connectivity index is 1.47. The van der Waals surface area contributed by atoms with E-state index in [0.29, 0.717) is 22.8 Å². The number of benzene rings is 2. The summed E-state index contributed by atoms with van der Waals surface area (Å²) in [5.41, 5.74) is 3.25. The van der Waals surface area contributed by atoms with Gasteiger partial charge in [-0.3, -0.25) is 9.20 Å². The number of fused-ring (bicyclic) bond motifs is 1. The molecule has 2 amide bonds. The molecule has 0 radical (unpaired) electrons. The number of hydrogen-bond acceptors (Lipinski definition) is 4. The molecular weight excluding hydrogens is 411 g/mol. The number of halogens is 1. The van der Waals surface area contributed by atoms with Crippen LogP contribution in [0.3, 0.4) is 0 Å². The number of anilines is 2. The Morgan fingerprint density at radius 3 is 2.69 bits per heavy atom. The summed E-state index contributed by atoms with van der Waals surface area (Å²) in [6.07, 6.45) is 1.69. The summed E-state index contributed by atoms with van der Waals surface area (Å²) in [4.78, 5) is 29.0. The van der Waals surface area contributed by atoms with E-state index in [4.69, 9.17) is 4.74 Å². The van der Waals surface area contributed by atoms with Crippen LogP contribution in [0.25, 0.3) is 5.65 Å². The van der Waals surface area contributed by atoms with E-state index in [2.05, 4.69) is 15.6 Å². The summed E-state index contributed by atoms with van der Waals surface area (Å²) in [6, 6.07) is 15.6. The average molecular weight is 432 g/mol. The van der Waals surface area contributed by atoms with Crippen LogP contribution < -0.4 is 20.9 Å². The van der Waals surface area contributed by atoms with E-state index < -0.39 is 11.8 Å². The topological polar surface area (TPSA) is 84.7 Å². The molecule has 0 aliphatic carbocycles. The van der Waals surface area contributed by atoms with Crippen molar-refractivity contribution >= 4 is 23.1 Å². The van der Waals surface area contributed by atoms with E-state index in [9.17, 15) is 14.0 Å². The van der Waals surface area contributed by atoms with Crippen molar-refractivity contribution in [3.63, 3.8) is 0 Å². The van der Waals surface area contributed by atoms with Crippen LogP contribution in [-0.4, -0.2) is 15.4 Å². The van der Waals surface area contributed by atoms with E-state index >= 15 is 0 Å². The first-order chi connectivity index (χ1) is 15.4. The van der Waals surface area contributed by atoms with Crippen molar-refractivity contribution in [2.24, 2.45) is 0 Å². The molecule has 0 fully saturated rings. The van der Waals surface area contributed by atoms with Crippen LogP contribution in [0.5, 0.6) is 5.75 Å². The molecule has 32 heavy (non-hydrogen) atoms. The van der Waals surface area contributed by atoms with Gasteiger partial charge in [-0.25, -0.2) is 14.2 Å². The minimum absolute atomic E-state index is 0.0810. The zero-order chi connectivity index (χ0) is 22.7. The van der Waals surface area contributed by atoms with Gasteiger partial charge < -0.3 is 15.4 Å². The highest BCUT2D eigenvalue weighted by Gasteiger charge is 2.09. The number of ether oxygens (including phenoxy) is 1. The second-order valence-corrected chi connectivity index (χ2v) is 7.35. The molecule has 4 aromatic rings. The summed E-state index contributed by atoms with van der Waals surface area (Å²) >= 11 is 0. The lowest BCUT2D eigenvalue weighted by molar-refractivity contribution is 0.262. The van der Waals surface area contributed by atoms with Gasteiger partial charge in [-0.15, -0.1) is 0 Å². The zero-order valence-electron chi connectivity index (χ0n) is 17.6. The molecule has 0 aliphatic heterocycles. The maximum absolute atomic E-state index is 13.7.